The molecule has 0 fully saturated rings. The summed E-state index contributed by atoms with van der Waals surface area (Å²) in [6.07, 6.45) is 1.48. The van der Waals surface area contributed by atoms with Crippen LogP contribution in [0.2, 0.25) is 0 Å². The zero-order valence-electron chi connectivity index (χ0n) is 16.0. The third-order valence-corrected chi connectivity index (χ3v) is 4.69. The number of nitrogens with zero attached hydrogens (tertiary/aromatic N) is 2. The first-order valence-electron chi connectivity index (χ1n) is 9.00. The van der Waals surface area contributed by atoms with Crippen LogP contribution in [-0.4, -0.2) is 59.4 Å². The van der Waals surface area contributed by atoms with Crippen molar-refractivity contribution in [3.8, 4) is 11.5 Å². The minimum absolute atomic E-state index is 0.0577. The summed E-state index contributed by atoms with van der Waals surface area (Å²) in [5.41, 5.74) is 0.136. The van der Waals surface area contributed by atoms with Crippen LogP contribution in [-0.2, 0) is 11.3 Å². The van der Waals surface area contributed by atoms with Crippen LogP contribution in [0.25, 0.3) is 10.9 Å². The second kappa shape index (κ2) is 7.89. The molecule has 2 amide bonds. The van der Waals surface area contributed by atoms with Crippen LogP contribution in [0.1, 0.15) is 24.2 Å². The number of hydrogen-bond donors (Lipinski definition) is 2. The minimum Gasteiger partial charge on any atom is -0.454 e. The van der Waals surface area contributed by atoms with E-state index in [1.165, 1.54) is 25.1 Å². The fourth-order valence-corrected chi connectivity index (χ4v) is 3.13. The number of amides is 2. The van der Waals surface area contributed by atoms with Gasteiger partial charge in [0.05, 0.1) is 17.5 Å². The summed E-state index contributed by atoms with van der Waals surface area (Å²) in [5, 5.41) is 11.9. The maximum atomic E-state index is 12.9. The van der Waals surface area contributed by atoms with Gasteiger partial charge in [-0.05, 0) is 19.9 Å². The van der Waals surface area contributed by atoms with E-state index in [0.717, 1.165) is 0 Å². The number of pyridine rings is 1. The number of aromatic nitrogens is 1. The van der Waals surface area contributed by atoms with Gasteiger partial charge in [-0.1, -0.05) is 0 Å². The Morgan fingerprint density at radius 1 is 1.32 bits per heavy atom. The lowest BCUT2D eigenvalue weighted by atomic mass is 10.1. The number of benzene rings is 1. The normalized spacial score (nSPS) is 13.4. The molecule has 0 radical (unpaired) electrons. The van der Waals surface area contributed by atoms with Gasteiger partial charge >= 0.3 is 0 Å². The molecular weight excluding hydrogens is 366 g/mol. The van der Waals surface area contributed by atoms with Gasteiger partial charge in [0.25, 0.3) is 5.91 Å². The fourth-order valence-electron chi connectivity index (χ4n) is 3.13. The number of hydrogen-bond acceptors (Lipinski definition) is 6. The van der Waals surface area contributed by atoms with E-state index in [0.29, 0.717) is 28.9 Å². The third-order valence-electron chi connectivity index (χ3n) is 4.69. The fraction of sp³-hybridized carbons (Fsp3) is 0.421. The summed E-state index contributed by atoms with van der Waals surface area (Å²) in [6, 6.07) is 2.46. The van der Waals surface area contributed by atoms with E-state index >= 15 is 0 Å². The van der Waals surface area contributed by atoms with Gasteiger partial charge in [0.2, 0.25) is 18.1 Å². The molecule has 28 heavy (non-hydrogen) atoms. The molecule has 3 rings (SSSR count). The number of fused-ring (bicyclic) bond motifs is 2. The maximum Gasteiger partial charge on any atom is 0.257 e. The smallest absolute Gasteiger partial charge is 0.257 e. The van der Waals surface area contributed by atoms with E-state index in [9.17, 15) is 14.4 Å². The number of ether oxygens (including phenoxy) is 2. The number of aliphatic hydroxyl groups is 1. The van der Waals surface area contributed by atoms with Gasteiger partial charge < -0.3 is 29.4 Å². The van der Waals surface area contributed by atoms with Crippen molar-refractivity contribution in [2.24, 2.45) is 0 Å². The molecule has 0 bridgehead atoms. The first-order valence-corrected chi connectivity index (χ1v) is 9.00. The summed E-state index contributed by atoms with van der Waals surface area (Å²) in [4.78, 5) is 39.2. The summed E-state index contributed by atoms with van der Waals surface area (Å²) in [5.74, 6) is 0.0174. The lowest BCUT2D eigenvalue weighted by molar-refractivity contribution is -0.131. The highest BCUT2D eigenvalue weighted by molar-refractivity contribution is 6.00. The van der Waals surface area contributed by atoms with Crippen LogP contribution in [0.3, 0.4) is 0 Å². The molecule has 0 spiro atoms. The van der Waals surface area contributed by atoms with Gasteiger partial charge in [-0.15, -0.1) is 0 Å². The molecule has 9 heteroatoms. The van der Waals surface area contributed by atoms with Gasteiger partial charge in [0.1, 0.15) is 11.6 Å². The molecule has 2 aromatic rings. The number of aryl methyl sites for hydroxylation is 1. The van der Waals surface area contributed by atoms with E-state index in [4.69, 9.17) is 14.6 Å². The second-order valence-corrected chi connectivity index (χ2v) is 6.56. The van der Waals surface area contributed by atoms with E-state index in [-0.39, 0.29) is 31.4 Å². The predicted molar refractivity (Wildman–Crippen MR) is 102 cm³/mol. The van der Waals surface area contributed by atoms with Crippen LogP contribution in [0.15, 0.2) is 23.1 Å². The maximum absolute atomic E-state index is 12.9. The van der Waals surface area contributed by atoms with Crippen molar-refractivity contribution in [1.82, 2.24) is 14.8 Å². The molecular formula is C19H23N3O6. The monoisotopic (exact) mass is 389 g/mol. The lowest BCUT2D eigenvalue weighted by Gasteiger charge is -2.21. The largest absolute Gasteiger partial charge is 0.454 e. The Kier molecular flexibility index (Phi) is 5.55. The van der Waals surface area contributed by atoms with Crippen LogP contribution < -0.4 is 20.2 Å². The first-order chi connectivity index (χ1) is 13.4. The number of carbonyl (C=O) groups is 2. The molecule has 0 saturated heterocycles. The molecule has 1 aromatic heterocycles. The first kappa shape index (κ1) is 19.7. The van der Waals surface area contributed by atoms with Crippen molar-refractivity contribution in [3.63, 3.8) is 0 Å². The number of aliphatic hydroxyl groups excluding tert-OH is 1. The van der Waals surface area contributed by atoms with E-state index in [1.807, 2.05) is 6.92 Å². The molecule has 0 saturated carbocycles. The molecule has 9 nitrogen and oxygen atoms in total. The molecule has 150 valence electrons. The second-order valence-electron chi connectivity index (χ2n) is 6.56. The summed E-state index contributed by atoms with van der Waals surface area (Å²) in [7, 11) is 1.53. The molecule has 2 heterocycles. The molecule has 2 N–H and O–H groups in total. The highest BCUT2D eigenvalue weighted by atomic mass is 16.7. The molecule has 1 atom stereocenters. The quantitative estimate of drug-likeness (QED) is 0.736. The molecule has 0 aliphatic carbocycles. The standard InChI is InChI=1S/C19H23N3O6/c1-4-22-9-13(18(25)20-11(2)19(26)21(3)5-6-23)17(24)12-7-15-16(8-14(12)22)28-10-27-15/h7-9,11,23H,4-6,10H2,1-3H3,(H,20,25)/t11-/m0/s1. The van der Waals surface area contributed by atoms with Gasteiger partial charge in [0, 0.05) is 32.4 Å². The van der Waals surface area contributed by atoms with Crippen molar-refractivity contribution in [3.05, 3.63) is 34.1 Å². The lowest BCUT2D eigenvalue weighted by Crippen LogP contribution is -2.47. The Balaban J connectivity index is 1.95. The van der Waals surface area contributed by atoms with Crippen LogP contribution >= 0.6 is 0 Å². The molecule has 0 unspecified atom stereocenters. The highest BCUT2D eigenvalue weighted by Crippen LogP contribution is 2.35. The minimum atomic E-state index is -0.842. The summed E-state index contributed by atoms with van der Waals surface area (Å²) < 4.78 is 12.5. The van der Waals surface area contributed by atoms with Crippen molar-refractivity contribution >= 4 is 22.7 Å². The summed E-state index contributed by atoms with van der Waals surface area (Å²) in [6.45, 7) is 4.03. The van der Waals surface area contributed by atoms with Gasteiger partial charge in [-0.25, -0.2) is 0 Å². The predicted octanol–water partition coefficient (Wildman–Crippen LogP) is 0.319. The Morgan fingerprint density at radius 3 is 2.64 bits per heavy atom. The van der Waals surface area contributed by atoms with Crippen LogP contribution in [0.5, 0.6) is 11.5 Å². The number of carbonyl (C=O) groups excluding carboxylic acids is 2. The Labute approximate surface area is 161 Å². The van der Waals surface area contributed by atoms with E-state index in [2.05, 4.69) is 5.32 Å². The Morgan fingerprint density at radius 2 is 2.00 bits per heavy atom. The average molecular weight is 389 g/mol. The summed E-state index contributed by atoms with van der Waals surface area (Å²) >= 11 is 0. The van der Waals surface area contributed by atoms with Crippen molar-refractivity contribution in [2.75, 3.05) is 27.0 Å². The van der Waals surface area contributed by atoms with Gasteiger partial charge in [-0.2, -0.15) is 0 Å². The Bertz CT molecular complexity index is 984. The molecule has 1 aliphatic heterocycles. The zero-order valence-corrected chi connectivity index (χ0v) is 16.0. The molecule has 1 aromatic carbocycles. The van der Waals surface area contributed by atoms with Crippen molar-refractivity contribution < 1.29 is 24.2 Å². The average Bonchev–Trinajstić information content (AvgIpc) is 3.14. The number of nitrogens with one attached hydrogen (secondary N) is 1. The Hall–Kier alpha value is -3.07. The zero-order chi connectivity index (χ0) is 20.4. The topological polar surface area (TPSA) is 110 Å². The SMILES string of the molecule is CCn1cc(C(=O)N[C@@H](C)C(=O)N(C)CCO)c(=O)c2cc3c(cc21)OCO3. The number of likely N-dealkylation sites (N-methyl/N-ethyl adjacent to an activating group) is 1. The van der Waals surface area contributed by atoms with Gasteiger partial charge in [-0.3, -0.25) is 14.4 Å². The van der Waals surface area contributed by atoms with Crippen LogP contribution in [0.4, 0.5) is 0 Å². The van der Waals surface area contributed by atoms with Gasteiger partial charge in [0.15, 0.2) is 11.5 Å². The highest BCUT2D eigenvalue weighted by Gasteiger charge is 2.24. The van der Waals surface area contributed by atoms with Crippen molar-refractivity contribution in [1.29, 1.82) is 0 Å². The van der Waals surface area contributed by atoms with E-state index < -0.39 is 17.4 Å². The molecule has 1 aliphatic rings. The third kappa shape index (κ3) is 3.53. The van der Waals surface area contributed by atoms with E-state index in [1.54, 1.807) is 16.7 Å². The number of rotatable bonds is 6. The van der Waals surface area contributed by atoms with Crippen LogP contribution in [0, 0.1) is 0 Å². The van der Waals surface area contributed by atoms with Crippen molar-refractivity contribution in [2.45, 2.75) is 26.4 Å².